The van der Waals surface area contributed by atoms with Crippen LogP contribution in [-0.4, -0.2) is 24.4 Å². The van der Waals surface area contributed by atoms with Gasteiger partial charge in [0, 0.05) is 6.04 Å². The molecule has 0 fully saturated rings. The lowest BCUT2D eigenvalue weighted by atomic mass is 10.1. The molecule has 0 aliphatic carbocycles. The fourth-order valence-corrected chi connectivity index (χ4v) is 1.46. The molecular weight excluding hydrogens is 247 g/mol. The van der Waals surface area contributed by atoms with E-state index in [0.717, 1.165) is 6.42 Å². The normalized spacial score (nSPS) is 11.7. The van der Waals surface area contributed by atoms with Crippen molar-refractivity contribution in [2.24, 2.45) is 0 Å². The molecule has 1 aromatic carbocycles. The summed E-state index contributed by atoms with van der Waals surface area (Å²) in [6, 6.07) is 5.81. The van der Waals surface area contributed by atoms with Crippen molar-refractivity contribution in [1.82, 2.24) is 10.6 Å². The first-order valence-corrected chi connectivity index (χ1v) is 6.31. The van der Waals surface area contributed by atoms with Gasteiger partial charge in [-0.15, -0.1) is 0 Å². The number of hydrogen-bond acceptors (Lipinski definition) is 2. The molecular formula is C14H19FN2O2. The number of rotatable bonds is 6. The first-order valence-electron chi connectivity index (χ1n) is 6.31. The minimum atomic E-state index is -0.336. The molecule has 0 aliphatic rings. The van der Waals surface area contributed by atoms with E-state index in [9.17, 15) is 14.0 Å². The molecule has 104 valence electrons. The average molecular weight is 266 g/mol. The number of nitrogens with one attached hydrogen (secondary N) is 2. The summed E-state index contributed by atoms with van der Waals surface area (Å²) in [6.07, 6.45) is 0.978. The fourth-order valence-electron chi connectivity index (χ4n) is 1.46. The quantitative estimate of drug-likeness (QED) is 0.817. The van der Waals surface area contributed by atoms with Crippen LogP contribution in [0.4, 0.5) is 4.39 Å². The van der Waals surface area contributed by atoms with Gasteiger partial charge in [-0.25, -0.2) is 4.39 Å². The SMILES string of the molecule is CCC(C)NC(=O)CNC(=O)Cc1ccc(F)cc1. The summed E-state index contributed by atoms with van der Waals surface area (Å²) < 4.78 is 12.7. The van der Waals surface area contributed by atoms with Gasteiger partial charge in [-0.1, -0.05) is 19.1 Å². The highest BCUT2D eigenvalue weighted by molar-refractivity contribution is 5.85. The molecule has 1 unspecified atom stereocenters. The number of carbonyl (C=O) groups excluding carboxylic acids is 2. The van der Waals surface area contributed by atoms with Gasteiger partial charge in [0.25, 0.3) is 0 Å². The lowest BCUT2D eigenvalue weighted by molar-refractivity contribution is -0.126. The average Bonchev–Trinajstić information content (AvgIpc) is 2.39. The van der Waals surface area contributed by atoms with Crippen molar-refractivity contribution in [1.29, 1.82) is 0 Å². The minimum absolute atomic E-state index is 0.0373. The Bertz CT molecular complexity index is 432. The fraction of sp³-hybridized carbons (Fsp3) is 0.429. The summed E-state index contributed by atoms with van der Waals surface area (Å²) in [5, 5.41) is 5.28. The lowest BCUT2D eigenvalue weighted by Gasteiger charge is -2.11. The second kappa shape index (κ2) is 7.51. The highest BCUT2D eigenvalue weighted by atomic mass is 19.1. The summed E-state index contributed by atoms with van der Waals surface area (Å²) >= 11 is 0. The van der Waals surface area contributed by atoms with Crippen molar-refractivity contribution in [2.75, 3.05) is 6.54 Å². The molecule has 2 amide bonds. The van der Waals surface area contributed by atoms with Crippen molar-refractivity contribution >= 4 is 11.8 Å². The summed E-state index contributed by atoms with van der Waals surface area (Å²) in [5.41, 5.74) is 0.709. The molecule has 1 atom stereocenters. The van der Waals surface area contributed by atoms with Gasteiger partial charge in [-0.3, -0.25) is 9.59 Å². The standard InChI is InChI=1S/C14H19FN2O2/c1-3-10(2)17-14(19)9-16-13(18)8-11-4-6-12(15)7-5-11/h4-7,10H,3,8-9H2,1-2H3,(H,16,18)(H,17,19). The highest BCUT2D eigenvalue weighted by Gasteiger charge is 2.08. The molecule has 0 aliphatic heterocycles. The first-order chi connectivity index (χ1) is 9.01. The Labute approximate surface area is 112 Å². The Morgan fingerprint density at radius 3 is 2.42 bits per heavy atom. The zero-order chi connectivity index (χ0) is 14.3. The number of hydrogen-bond donors (Lipinski definition) is 2. The van der Waals surface area contributed by atoms with Gasteiger partial charge in [0.1, 0.15) is 5.82 Å². The molecule has 0 aromatic heterocycles. The third kappa shape index (κ3) is 5.99. The van der Waals surface area contributed by atoms with E-state index in [4.69, 9.17) is 0 Å². The molecule has 0 saturated heterocycles. The molecule has 5 heteroatoms. The van der Waals surface area contributed by atoms with Crippen molar-refractivity contribution in [2.45, 2.75) is 32.7 Å². The second-order valence-electron chi connectivity index (χ2n) is 4.46. The number of benzene rings is 1. The van der Waals surface area contributed by atoms with E-state index >= 15 is 0 Å². The van der Waals surface area contributed by atoms with Crippen molar-refractivity contribution < 1.29 is 14.0 Å². The Morgan fingerprint density at radius 2 is 1.84 bits per heavy atom. The van der Waals surface area contributed by atoms with Gasteiger partial charge in [-0.05, 0) is 31.0 Å². The van der Waals surface area contributed by atoms with Crippen LogP contribution in [0.5, 0.6) is 0 Å². The van der Waals surface area contributed by atoms with E-state index < -0.39 is 0 Å². The van der Waals surface area contributed by atoms with Gasteiger partial charge in [-0.2, -0.15) is 0 Å². The molecule has 4 nitrogen and oxygen atoms in total. The van der Waals surface area contributed by atoms with Crippen LogP contribution < -0.4 is 10.6 Å². The van der Waals surface area contributed by atoms with E-state index in [1.165, 1.54) is 12.1 Å². The van der Waals surface area contributed by atoms with Crippen LogP contribution in [0.2, 0.25) is 0 Å². The number of carbonyl (C=O) groups is 2. The molecule has 0 saturated carbocycles. The van der Waals surface area contributed by atoms with E-state index in [0.29, 0.717) is 5.56 Å². The zero-order valence-electron chi connectivity index (χ0n) is 11.2. The summed E-state index contributed by atoms with van der Waals surface area (Å²) in [5.74, 6) is -0.801. The van der Waals surface area contributed by atoms with E-state index in [2.05, 4.69) is 10.6 Å². The Morgan fingerprint density at radius 1 is 1.21 bits per heavy atom. The van der Waals surface area contributed by atoms with Crippen LogP contribution in [0.3, 0.4) is 0 Å². The van der Waals surface area contributed by atoms with Gasteiger partial charge in [0.15, 0.2) is 0 Å². The Kier molecular flexibility index (Phi) is 5.99. The Balaban J connectivity index is 2.32. The highest BCUT2D eigenvalue weighted by Crippen LogP contribution is 2.03. The summed E-state index contributed by atoms with van der Waals surface area (Å²) in [4.78, 5) is 23.0. The third-order valence-corrected chi connectivity index (χ3v) is 2.74. The maximum atomic E-state index is 12.7. The first kappa shape index (κ1) is 15.1. The number of amides is 2. The third-order valence-electron chi connectivity index (χ3n) is 2.74. The predicted molar refractivity (Wildman–Crippen MR) is 71.0 cm³/mol. The summed E-state index contributed by atoms with van der Waals surface area (Å²) in [7, 11) is 0. The molecule has 1 aromatic rings. The van der Waals surface area contributed by atoms with Crippen LogP contribution in [-0.2, 0) is 16.0 Å². The maximum Gasteiger partial charge on any atom is 0.239 e. The molecule has 0 bridgehead atoms. The lowest BCUT2D eigenvalue weighted by Crippen LogP contribution is -2.41. The largest absolute Gasteiger partial charge is 0.352 e. The van der Waals surface area contributed by atoms with Gasteiger partial charge >= 0.3 is 0 Å². The van der Waals surface area contributed by atoms with Crippen LogP contribution >= 0.6 is 0 Å². The topological polar surface area (TPSA) is 58.2 Å². The molecule has 2 N–H and O–H groups in total. The Hall–Kier alpha value is -1.91. The van der Waals surface area contributed by atoms with Gasteiger partial charge in [0.05, 0.1) is 13.0 Å². The predicted octanol–water partition coefficient (Wildman–Crippen LogP) is 1.40. The molecule has 0 radical (unpaired) electrons. The van der Waals surface area contributed by atoms with E-state index in [-0.39, 0.29) is 36.6 Å². The molecule has 0 heterocycles. The van der Waals surface area contributed by atoms with Crippen LogP contribution in [0, 0.1) is 5.82 Å². The molecule has 0 spiro atoms. The van der Waals surface area contributed by atoms with Crippen LogP contribution in [0.25, 0.3) is 0 Å². The van der Waals surface area contributed by atoms with Crippen LogP contribution in [0.15, 0.2) is 24.3 Å². The molecule has 1 rings (SSSR count). The second-order valence-corrected chi connectivity index (χ2v) is 4.46. The van der Waals surface area contributed by atoms with Crippen molar-refractivity contribution in [3.8, 4) is 0 Å². The van der Waals surface area contributed by atoms with E-state index in [1.807, 2.05) is 13.8 Å². The molecule has 19 heavy (non-hydrogen) atoms. The van der Waals surface area contributed by atoms with Crippen molar-refractivity contribution in [3.63, 3.8) is 0 Å². The maximum absolute atomic E-state index is 12.7. The van der Waals surface area contributed by atoms with Gasteiger partial charge < -0.3 is 10.6 Å². The summed E-state index contributed by atoms with van der Waals surface area (Å²) in [6.45, 7) is 3.83. The van der Waals surface area contributed by atoms with Crippen LogP contribution in [0.1, 0.15) is 25.8 Å². The van der Waals surface area contributed by atoms with Crippen molar-refractivity contribution in [3.05, 3.63) is 35.6 Å². The van der Waals surface area contributed by atoms with E-state index in [1.54, 1.807) is 12.1 Å². The minimum Gasteiger partial charge on any atom is -0.352 e. The monoisotopic (exact) mass is 266 g/mol. The van der Waals surface area contributed by atoms with Gasteiger partial charge in [0.2, 0.25) is 11.8 Å². The smallest absolute Gasteiger partial charge is 0.239 e. The number of halogens is 1. The zero-order valence-corrected chi connectivity index (χ0v) is 11.2.